The van der Waals surface area contributed by atoms with Gasteiger partial charge in [-0.2, -0.15) is 9.97 Å². The van der Waals surface area contributed by atoms with Gasteiger partial charge in [-0.3, -0.25) is 4.57 Å². The van der Waals surface area contributed by atoms with Gasteiger partial charge in [-0.15, -0.1) is 0 Å². The molecule has 2 N–H and O–H groups in total. The standard InChI is InChI=1S/C17H19N5O3/c1-2-24-12-7-5-11(6-8-12)19-15-14-16(21-17(23)20-15)22(10-18-14)13-4-3-9-25-13/h5-8,10,13H,2-4,9H2,1H3,(H2,19,20,21,23). The number of aromatic hydroxyl groups is 1. The summed E-state index contributed by atoms with van der Waals surface area (Å²) < 4.78 is 13.0. The van der Waals surface area contributed by atoms with Crippen LogP contribution in [0.1, 0.15) is 26.0 Å². The van der Waals surface area contributed by atoms with Crippen molar-refractivity contribution < 1.29 is 14.6 Å². The molecule has 25 heavy (non-hydrogen) atoms. The van der Waals surface area contributed by atoms with Crippen molar-refractivity contribution in [2.75, 3.05) is 18.5 Å². The Bertz CT molecular complexity index is 872. The summed E-state index contributed by atoms with van der Waals surface area (Å²) in [5.41, 5.74) is 1.95. The molecule has 0 bridgehead atoms. The quantitative estimate of drug-likeness (QED) is 0.736. The van der Waals surface area contributed by atoms with Gasteiger partial charge in [-0.05, 0) is 44.0 Å². The van der Waals surface area contributed by atoms with Gasteiger partial charge >= 0.3 is 6.01 Å². The number of ether oxygens (including phenoxy) is 2. The number of anilines is 2. The highest BCUT2D eigenvalue weighted by atomic mass is 16.5. The third-order valence-electron chi connectivity index (χ3n) is 4.05. The second kappa shape index (κ2) is 6.56. The smallest absolute Gasteiger partial charge is 0.318 e. The molecule has 4 rings (SSSR count). The van der Waals surface area contributed by atoms with E-state index < -0.39 is 0 Å². The van der Waals surface area contributed by atoms with Crippen molar-refractivity contribution >= 4 is 22.7 Å². The molecular formula is C17H19N5O3. The van der Waals surface area contributed by atoms with E-state index in [0.717, 1.165) is 30.9 Å². The van der Waals surface area contributed by atoms with Gasteiger partial charge in [-0.1, -0.05) is 0 Å². The van der Waals surface area contributed by atoms with Crippen molar-refractivity contribution in [3.8, 4) is 11.8 Å². The maximum Gasteiger partial charge on any atom is 0.318 e. The topological polar surface area (TPSA) is 94.3 Å². The summed E-state index contributed by atoms with van der Waals surface area (Å²) in [6.45, 7) is 3.28. The maximum absolute atomic E-state index is 9.92. The van der Waals surface area contributed by atoms with E-state index in [1.165, 1.54) is 0 Å². The predicted molar refractivity (Wildman–Crippen MR) is 92.1 cm³/mol. The van der Waals surface area contributed by atoms with E-state index in [9.17, 15) is 5.11 Å². The fourth-order valence-corrected chi connectivity index (χ4v) is 2.92. The summed E-state index contributed by atoms with van der Waals surface area (Å²) in [6.07, 6.45) is 3.48. The van der Waals surface area contributed by atoms with Crippen LogP contribution < -0.4 is 10.1 Å². The monoisotopic (exact) mass is 341 g/mol. The lowest BCUT2D eigenvalue weighted by Crippen LogP contribution is -2.07. The van der Waals surface area contributed by atoms with Gasteiger partial charge in [0.2, 0.25) is 0 Å². The average molecular weight is 341 g/mol. The largest absolute Gasteiger partial charge is 0.494 e. The molecule has 8 heteroatoms. The SMILES string of the molecule is CCOc1ccc(Nc2nc(O)nc3c2ncn3C2CCCO2)cc1. The number of fused-ring (bicyclic) bond motifs is 1. The van der Waals surface area contributed by atoms with Gasteiger partial charge in [0.1, 0.15) is 12.0 Å². The van der Waals surface area contributed by atoms with Gasteiger partial charge in [-0.25, -0.2) is 4.98 Å². The lowest BCUT2D eigenvalue weighted by Gasteiger charge is -2.12. The average Bonchev–Trinajstić information content (AvgIpc) is 3.26. The van der Waals surface area contributed by atoms with Gasteiger partial charge in [0.05, 0.1) is 12.9 Å². The number of rotatable bonds is 5. The first-order valence-electron chi connectivity index (χ1n) is 8.29. The molecule has 0 amide bonds. The minimum Gasteiger partial charge on any atom is -0.494 e. The Kier molecular flexibility index (Phi) is 4.10. The van der Waals surface area contributed by atoms with Crippen LogP contribution in [0.25, 0.3) is 11.2 Å². The molecule has 130 valence electrons. The molecule has 0 spiro atoms. The maximum atomic E-state index is 9.92. The Labute approximate surface area is 144 Å². The molecule has 0 saturated carbocycles. The fraction of sp³-hybridized carbons (Fsp3) is 0.353. The van der Waals surface area contributed by atoms with Crippen LogP contribution >= 0.6 is 0 Å². The van der Waals surface area contributed by atoms with Gasteiger partial charge < -0.3 is 19.9 Å². The van der Waals surface area contributed by atoms with Crippen molar-refractivity contribution in [1.29, 1.82) is 0 Å². The molecule has 2 aromatic heterocycles. The summed E-state index contributed by atoms with van der Waals surface area (Å²) in [4.78, 5) is 12.6. The van der Waals surface area contributed by atoms with Gasteiger partial charge in [0.15, 0.2) is 17.0 Å². The highest BCUT2D eigenvalue weighted by molar-refractivity contribution is 5.85. The van der Waals surface area contributed by atoms with E-state index in [1.54, 1.807) is 6.33 Å². The highest BCUT2D eigenvalue weighted by Crippen LogP contribution is 2.30. The first kappa shape index (κ1) is 15.6. The summed E-state index contributed by atoms with van der Waals surface area (Å²) in [5.74, 6) is 1.25. The molecule has 0 radical (unpaired) electrons. The number of nitrogens with one attached hydrogen (secondary N) is 1. The third kappa shape index (κ3) is 3.08. The molecule has 0 aliphatic carbocycles. The Morgan fingerprint density at radius 3 is 2.88 bits per heavy atom. The van der Waals surface area contributed by atoms with E-state index >= 15 is 0 Å². The second-order valence-electron chi connectivity index (χ2n) is 5.75. The first-order valence-corrected chi connectivity index (χ1v) is 8.29. The molecule has 3 aromatic rings. The number of aromatic nitrogens is 4. The normalized spacial score (nSPS) is 17.1. The van der Waals surface area contributed by atoms with Crippen LogP contribution in [0.3, 0.4) is 0 Å². The van der Waals surface area contributed by atoms with Crippen LogP contribution in [-0.4, -0.2) is 37.8 Å². The van der Waals surface area contributed by atoms with Crippen LogP contribution in [0.2, 0.25) is 0 Å². The van der Waals surface area contributed by atoms with Crippen LogP contribution in [-0.2, 0) is 4.74 Å². The van der Waals surface area contributed by atoms with Crippen molar-refractivity contribution in [2.24, 2.45) is 0 Å². The minimum atomic E-state index is -0.305. The first-order chi connectivity index (χ1) is 12.2. The Hall–Kier alpha value is -2.87. The summed E-state index contributed by atoms with van der Waals surface area (Å²) >= 11 is 0. The summed E-state index contributed by atoms with van der Waals surface area (Å²) in [5, 5.41) is 13.1. The van der Waals surface area contributed by atoms with E-state index in [0.29, 0.717) is 23.6 Å². The number of benzene rings is 1. The molecule has 1 aromatic carbocycles. The number of hydrogen-bond donors (Lipinski definition) is 2. The molecule has 8 nitrogen and oxygen atoms in total. The lowest BCUT2D eigenvalue weighted by atomic mass is 10.3. The van der Waals surface area contributed by atoms with Crippen LogP contribution in [0.5, 0.6) is 11.8 Å². The Morgan fingerprint density at radius 1 is 1.32 bits per heavy atom. The molecule has 1 atom stereocenters. The van der Waals surface area contributed by atoms with E-state index in [1.807, 2.05) is 35.8 Å². The zero-order valence-corrected chi connectivity index (χ0v) is 13.8. The van der Waals surface area contributed by atoms with Crippen LogP contribution in [0.4, 0.5) is 11.5 Å². The third-order valence-corrected chi connectivity index (χ3v) is 4.05. The van der Waals surface area contributed by atoms with E-state index in [-0.39, 0.29) is 12.2 Å². The minimum absolute atomic E-state index is 0.0994. The van der Waals surface area contributed by atoms with Gasteiger partial charge in [0, 0.05) is 12.3 Å². The van der Waals surface area contributed by atoms with E-state index in [4.69, 9.17) is 9.47 Å². The predicted octanol–water partition coefficient (Wildman–Crippen LogP) is 2.98. The molecule has 1 aliphatic heterocycles. The van der Waals surface area contributed by atoms with Crippen molar-refractivity contribution in [1.82, 2.24) is 19.5 Å². The van der Waals surface area contributed by atoms with E-state index in [2.05, 4.69) is 20.3 Å². The summed E-state index contributed by atoms with van der Waals surface area (Å²) in [7, 11) is 0. The van der Waals surface area contributed by atoms with Crippen molar-refractivity contribution in [2.45, 2.75) is 26.0 Å². The Balaban J connectivity index is 1.67. The lowest BCUT2D eigenvalue weighted by molar-refractivity contribution is 0.0592. The zero-order valence-electron chi connectivity index (χ0n) is 13.8. The molecule has 1 fully saturated rings. The zero-order chi connectivity index (χ0) is 17.2. The second-order valence-corrected chi connectivity index (χ2v) is 5.75. The van der Waals surface area contributed by atoms with Crippen LogP contribution in [0.15, 0.2) is 30.6 Å². The fourth-order valence-electron chi connectivity index (χ4n) is 2.92. The summed E-state index contributed by atoms with van der Waals surface area (Å²) in [6, 6.07) is 7.20. The molecule has 3 heterocycles. The van der Waals surface area contributed by atoms with Crippen molar-refractivity contribution in [3.05, 3.63) is 30.6 Å². The number of imidazole rings is 1. The highest BCUT2D eigenvalue weighted by Gasteiger charge is 2.22. The molecule has 1 aliphatic rings. The number of nitrogens with zero attached hydrogens (tertiary/aromatic N) is 4. The molecular weight excluding hydrogens is 322 g/mol. The van der Waals surface area contributed by atoms with Gasteiger partial charge in [0.25, 0.3) is 0 Å². The van der Waals surface area contributed by atoms with Crippen molar-refractivity contribution in [3.63, 3.8) is 0 Å². The van der Waals surface area contributed by atoms with Crippen LogP contribution in [0, 0.1) is 0 Å². The molecule has 1 unspecified atom stereocenters. The Morgan fingerprint density at radius 2 is 2.16 bits per heavy atom. The molecule has 1 saturated heterocycles. The number of hydrogen-bond acceptors (Lipinski definition) is 7.